The van der Waals surface area contributed by atoms with Gasteiger partial charge in [-0.05, 0) is 114 Å². The molecule has 56 heavy (non-hydrogen) atoms. The monoisotopic (exact) mass is 843 g/mol. The zero-order valence-electron chi connectivity index (χ0n) is 33.2. The van der Waals surface area contributed by atoms with E-state index in [1.165, 1.54) is 19.2 Å². The number of ether oxygens (including phenoxy) is 1. The predicted molar refractivity (Wildman–Crippen MR) is 218 cm³/mol. The maximum Gasteiger partial charge on any atom is 0.341 e. The van der Waals surface area contributed by atoms with Crippen molar-refractivity contribution in [1.29, 1.82) is 0 Å². The summed E-state index contributed by atoms with van der Waals surface area (Å²) in [5, 5.41) is 0. The molecule has 12 nitrogen and oxygen atoms in total. The molecule has 1 heterocycles. The van der Waals surface area contributed by atoms with Crippen LogP contribution in [-0.2, 0) is 35.7 Å². The van der Waals surface area contributed by atoms with Gasteiger partial charge in [0.1, 0.15) is 21.3 Å². The van der Waals surface area contributed by atoms with Crippen LogP contribution >= 0.6 is 10.7 Å². The minimum absolute atomic E-state index is 0.0506. The minimum Gasteiger partial charge on any atom is -0.496 e. The third-order valence-electron chi connectivity index (χ3n) is 8.77. The molecule has 0 spiro atoms. The molecule has 0 amide bonds. The second-order valence-corrected chi connectivity index (χ2v) is 19.3. The predicted octanol–water partition coefficient (Wildman–Crippen LogP) is 7.89. The fourth-order valence-corrected chi connectivity index (χ4v) is 11.3. The Morgan fingerprint density at radius 2 is 1.00 bits per heavy atom. The van der Waals surface area contributed by atoms with Crippen molar-refractivity contribution in [3.05, 3.63) is 121 Å². The van der Waals surface area contributed by atoms with Crippen molar-refractivity contribution in [3.8, 4) is 17.4 Å². The number of hydrogen-bond donors (Lipinski definition) is 1. The van der Waals surface area contributed by atoms with Crippen molar-refractivity contribution in [2.24, 2.45) is 0 Å². The van der Waals surface area contributed by atoms with Crippen LogP contribution in [0.4, 0.5) is 5.95 Å². The van der Waals surface area contributed by atoms with E-state index in [-0.39, 0.29) is 38.7 Å². The first-order valence-corrected chi connectivity index (χ1v) is 22.3. The topological polar surface area (TPSA) is 182 Å². The van der Waals surface area contributed by atoms with E-state index in [4.69, 9.17) is 29.5 Å². The van der Waals surface area contributed by atoms with Gasteiger partial charge in [-0.15, -0.1) is 0 Å². The number of anilines is 1. The summed E-state index contributed by atoms with van der Waals surface area (Å²) in [5.74, 6) is 0.000923. The summed E-state index contributed by atoms with van der Waals surface area (Å²) in [4.78, 5) is 8.72. The molecule has 0 saturated heterocycles. The largest absolute Gasteiger partial charge is 0.496 e. The highest BCUT2D eigenvalue weighted by atomic mass is 35.7. The van der Waals surface area contributed by atoms with Gasteiger partial charge in [0, 0.05) is 28.7 Å². The molecule has 0 unspecified atom stereocenters. The molecule has 0 aliphatic carbocycles. The Kier molecular flexibility index (Phi) is 13.2. The van der Waals surface area contributed by atoms with Crippen molar-refractivity contribution in [2.45, 2.75) is 90.3 Å². The minimum atomic E-state index is -4.28. The summed E-state index contributed by atoms with van der Waals surface area (Å²) >= 11 is 0. The fraction of sp³-hybridized carbons (Fsp3) is 0.300. The van der Waals surface area contributed by atoms with Crippen molar-refractivity contribution in [2.75, 3.05) is 12.8 Å². The van der Waals surface area contributed by atoms with Crippen molar-refractivity contribution >= 4 is 45.9 Å². The number of hydrogen-bond acceptors (Lipinski definition) is 12. The lowest BCUT2D eigenvalue weighted by molar-refractivity contribution is 0.407. The SMILES string of the molecule is COc1cc(OS(=O)(=O)c2c(C)cc(C)cc2C)ccc1Cc1c(C)nc(N)nc1OS(=O)(=O)c1c(C)cc(C)cc1C.Cc1cc(C)c(S(=O)(=O)Cl)c(C)c1. The van der Waals surface area contributed by atoms with Crippen LogP contribution in [0, 0.1) is 69.2 Å². The van der Waals surface area contributed by atoms with Crippen LogP contribution < -0.4 is 18.8 Å². The molecule has 300 valence electrons. The lowest BCUT2D eigenvalue weighted by Crippen LogP contribution is -2.17. The number of nitrogens with zero attached hydrogens (tertiary/aromatic N) is 2. The van der Waals surface area contributed by atoms with Crippen LogP contribution in [0.2, 0.25) is 0 Å². The van der Waals surface area contributed by atoms with Gasteiger partial charge in [0.05, 0.1) is 17.7 Å². The van der Waals surface area contributed by atoms with Crippen LogP contribution in [0.25, 0.3) is 0 Å². The molecule has 4 aromatic carbocycles. The fourth-order valence-electron chi connectivity index (χ4n) is 6.96. The van der Waals surface area contributed by atoms with Crippen LogP contribution in [0.15, 0.2) is 69.3 Å². The maximum atomic E-state index is 13.4. The molecule has 0 fully saturated rings. The molecular weight excluding hydrogens is 798 g/mol. The molecule has 2 N–H and O–H groups in total. The lowest BCUT2D eigenvalue weighted by atomic mass is 10.0. The number of nitrogens with two attached hydrogens (primary N) is 1. The Balaban J connectivity index is 0.000000453. The van der Waals surface area contributed by atoms with Gasteiger partial charge in [0.2, 0.25) is 11.8 Å². The highest BCUT2D eigenvalue weighted by Crippen LogP contribution is 2.34. The Hall–Kier alpha value is -4.70. The first-order valence-electron chi connectivity index (χ1n) is 17.2. The molecule has 5 rings (SSSR count). The van der Waals surface area contributed by atoms with Crippen molar-refractivity contribution in [3.63, 3.8) is 0 Å². The van der Waals surface area contributed by atoms with E-state index in [0.29, 0.717) is 56.0 Å². The molecule has 0 atom stereocenters. The summed E-state index contributed by atoms with van der Waals surface area (Å²) in [6.07, 6.45) is 0.0925. The Labute approximate surface area is 334 Å². The average Bonchev–Trinajstić information content (AvgIpc) is 3.00. The zero-order valence-corrected chi connectivity index (χ0v) is 36.4. The van der Waals surface area contributed by atoms with Crippen LogP contribution in [0.1, 0.15) is 66.9 Å². The Morgan fingerprint density at radius 1 is 0.589 bits per heavy atom. The molecule has 0 aliphatic heterocycles. The number of benzene rings is 4. The van der Waals surface area contributed by atoms with Gasteiger partial charge in [0.15, 0.2) is 0 Å². The smallest absolute Gasteiger partial charge is 0.341 e. The van der Waals surface area contributed by atoms with Gasteiger partial charge in [-0.2, -0.15) is 21.8 Å². The molecule has 0 radical (unpaired) electrons. The average molecular weight is 844 g/mol. The highest BCUT2D eigenvalue weighted by molar-refractivity contribution is 8.13. The van der Waals surface area contributed by atoms with Gasteiger partial charge in [-0.3, -0.25) is 0 Å². The number of aryl methyl sites for hydroxylation is 10. The molecule has 0 aliphatic rings. The van der Waals surface area contributed by atoms with E-state index < -0.39 is 29.3 Å². The molecular formula is C40H46ClN3O9S3. The number of nitrogen functional groups attached to an aromatic ring is 1. The summed E-state index contributed by atoms with van der Waals surface area (Å²) < 4.78 is 92.2. The molecule has 5 aromatic rings. The quantitative estimate of drug-likeness (QED) is 0.106. The maximum absolute atomic E-state index is 13.4. The number of aromatic nitrogens is 2. The normalized spacial score (nSPS) is 11.8. The number of rotatable bonds is 10. The van der Waals surface area contributed by atoms with Crippen LogP contribution in [0.5, 0.6) is 17.4 Å². The van der Waals surface area contributed by atoms with E-state index in [9.17, 15) is 25.3 Å². The van der Waals surface area contributed by atoms with Gasteiger partial charge in [0.25, 0.3) is 9.05 Å². The van der Waals surface area contributed by atoms with Gasteiger partial charge in [-0.25, -0.2) is 13.4 Å². The standard InChI is InChI=1S/C31H35N3O7S2.C9H11ClO2S/c1-17-11-19(3)28(20(4)12-17)42(35,36)40-25-10-9-24(27(16-25)39-8)15-26-23(7)33-31(32)34-30(26)41-43(37,38)29-21(5)13-18(2)14-22(29)6;1-6-4-7(2)9(8(3)5-6)13(10,11)12/h9-14,16H,15H2,1-8H3,(H2,32,33,34);4-5H,1-3H3. The van der Waals surface area contributed by atoms with Gasteiger partial charge in [-0.1, -0.05) is 59.2 Å². The Bertz CT molecular complexity index is 2610. The first-order chi connectivity index (χ1) is 25.8. The van der Waals surface area contributed by atoms with Crippen molar-refractivity contribution in [1.82, 2.24) is 9.97 Å². The summed E-state index contributed by atoms with van der Waals surface area (Å²) in [6, 6.07) is 15.3. The molecule has 0 bridgehead atoms. The lowest BCUT2D eigenvalue weighted by Gasteiger charge is -2.17. The summed E-state index contributed by atoms with van der Waals surface area (Å²) in [7, 11) is -5.30. The number of methoxy groups -OCH3 is 1. The second kappa shape index (κ2) is 16.8. The molecule has 0 saturated carbocycles. The molecule has 1 aromatic heterocycles. The molecule has 16 heteroatoms. The van der Waals surface area contributed by atoms with E-state index in [1.807, 2.05) is 32.9 Å². The zero-order chi connectivity index (χ0) is 42.1. The Morgan fingerprint density at radius 3 is 1.41 bits per heavy atom. The number of halogens is 1. The van der Waals surface area contributed by atoms with E-state index >= 15 is 0 Å². The van der Waals surface area contributed by atoms with Crippen LogP contribution in [0.3, 0.4) is 0 Å². The summed E-state index contributed by atoms with van der Waals surface area (Å²) in [6.45, 7) is 17.7. The van der Waals surface area contributed by atoms with E-state index in [0.717, 1.165) is 16.7 Å². The first kappa shape index (κ1) is 44.0. The van der Waals surface area contributed by atoms with Crippen LogP contribution in [-0.4, -0.2) is 42.3 Å². The van der Waals surface area contributed by atoms with Gasteiger partial charge >= 0.3 is 20.2 Å². The second-order valence-electron chi connectivity index (χ2n) is 13.8. The van der Waals surface area contributed by atoms with E-state index in [2.05, 4.69) is 9.97 Å². The highest BCUT2D eigenvalue weighted by Gasteiger charge is 2.27. The van der Waals surface area contributed by atoms with Crippen molar-refractivity contribution < 1.29 is 38.4 Å². The summed E-state index contributed by atoms with van der Waals surface area (Å²) in [5.41, 5.74) is 13.8. The third kappa shape index (κ3) is 10.2. The van der Waals surface area contributed by atoms with Gasteiger partial charge < -0.3 is 18.8 Å². The third-order valence-corrected chi connectivity index (χ3v) is 13.4. The van der Waals surface area contributed by atoms with E-state index in [1.54, 1.807) is 78.8 Å².